The molecule has 0 unspecified atom stereocenters. The van der Waals surface area contributed by atoms with E-state index in [4.69, 9.17) is 16.2 Å². The monoisotopic (exact) mass is 305 g/mol. The van der Waals surface area contributed by atoms with Crippen LogP contribution in [0.4, 0.5) is 17.1 Å². The van der Waals surface area contributed by atoms with E-state index in [1.54, 1.807) is 0 Å². The SMILES string of the molecule is CC(C)(C)OC(=O)CC1CCN(c2ccc(N)c(N)c2)CC1. The van der Waals surface area contributed by atoms with Gasteiger partial charge in [-0.2, -0.15) is 0 Å². The number of nitrogens with two attached hydrogens (primary N) is 2. The summed E-state index contributed by atoms with van der Waals surface area (Å²) in [6, 6.07) is 5.76. The first kappa shape index (κ1) is 16.5. The van der Waals surface area contributed by atoms with Crippen LogP contribution < -0.4 is 16.4 Å². The molecule has 0 aliphatic carbocycles. The smallest absolute Gasteiger partial charge is 0.306 e. The second kappa shape index (κ2) is 6.46. The van der Waals surface area contributed by atoms with Gasteiger partial charge in [0.1, 0.15) is 5.60 Å². The Hall–Kier alpha value is -1.91. The van der Waals surface area contributed by atoms with E-state index in [2.05, 4.69) is 4.90 Å². The van der Waals surface area contributed by atoms with Gasteiger partial charge in [0.2, 0.25) is 0 Å². The fraction of sp³-hybridized carbons (Fsp3) is 0.588. The number of piperidine rings is 1. The maximum absolute atomic E-state index is 11.9. The van der Waals surface area contributed by atoms with Gasteiger partial charge in [-0.05, 0) is 57.7 Å². The quantitative estimate of drug-likeness (QED) is 0.663. The van der Waals surface area contributed by atoms with Crippen molar-refractivity contribution in [2.45, 2.75) is 45.6 Å². The first-order valence-electron chi connectivity index (χ1n) is 7.86. The number of carbonyl (C=O) groups is 1. The topological polar surface area (TPSA) is 81.6 Å². The van der Waals surface area contributed by atoms with Crippen molar-refractivity contribution in [3.05, 3.63) is 18.2 Å². The molecule has 1 aliphatic rings. The fourth-order valence-electron chi connectivity index (χ4n) is 2.77. The minimum Gasteiger partial charge on any atom is -0.460 e. The summed E-state index contributed by atoms with van der Waals surface area (Å²) in [5.41, 5.74) is 13.5. The van der Waals surface area contributed by atoms with Crippen LogP contribution in [0.2, 0.25) is 0 Å². The van der Waals surface area contributed by atoms with Gasteiger partial charge in [0.05, 0.1) is 11.4 Å². The lowest BCUT2D eigenvalue weighted by Gasteiger charge is -2.34. The van der Waals surface area contributed by atoms with E-state index in [1.165, 1.54) is 0 Å². The Balaban J connectivity index is 1.85. The molecule has 0 radical (unpaired) electrons. The Labute approximate surface area is 132 Å². The predicted molar refractivity (Wildman–Crippen MR) is 90.7 cm³/mol. The van der Waals surface area contributed by atoms with Crippen molar-refractivity contribution in [1.29, 1.82) is 0 Å². The lowest BCUT2D eigenvalue weighted by atomic mass is 9.93. The highest BCUT2D eigenvalue weighted by molar-refractivity contribution is 5.71. The molecule has 0 aromatic heterocycles. The van der Waals surface area contributed by atoms with Gasteiger partial charge in [0.25, 0.3) is 0 Å². The first-order valence-corrected chi connectivity index (χ1v) is 7.86. The van der Waals surface area contributed by atoms with Gasteiger partial charge in [0, 0.05) is 25.2 Å². The largest absolute Gasteiger partial charge is 0.460 e. The minimum atomic E-state index is -0.403. The standard InChI is InChI=1S/C17H27N3O2/c1-17(2,3)22-16(21)10-12-6-8-20(9-7-12)13-4-5-14(18)15(19)11-13/h4-5,11-12H,6-10,18-19H2,1-3H3. The summed E-state index contributed by atoms with van der Waals surface area (Å²) in [5, 5.41) is 0. The number of hydrogen-bond acceptors (Lipinski definition) is 5. The summed E-state index contributed by atoms with van der Waals surface area (Å²) >= 11 is 0. The lowest BCUT2D eigenvalue weighted by molar-refractivity contribution is -0.156. The zero-order valence-electron chi connectivity index (χ0n) is 13.8. The van der Waals surface area contributed by atoms with Gasteiger partial charge >= 0.3 is 5.97 Å². The fourth-order valence-corrected chi connectivity index (χ4v) is 2.77. The molecule has 5 heteroatoms. The number of esters is 1. The van der Waals surface area contributed by atoms with Gasteiger partial charge in [-0.1, -0.05) is 0 Å². The summed E-state index contributed by atoms with van der Waals surface area (Å²) in [6.45, 7) is 7.56. The van der Waals surface area contributed by atoms with Crippen molar-refractivity contribution in [2.75, 3.05) is 29.5 Å². The number of carbonyl (C=O) groups excluding carboxylic acids is 1. The Morgan fingerprint density at radius 3 is 2.41 bits per heavy atom. The molecule has 1 saturated heterocycles. The molecule has 1 aliphatic heterocycles. The van der Waals surface area contributed by atoms with Gasteiger partial charge in [-0.15, -0.1) is 0 Å². The molecule has 1 aromatic carbocycles. The average molecular weight is 305 g/mol. The summed E-state index contributed by atoms with van der Waals surface area (Å²) in [6.07, 6.45) is 2.49. The van der Waals surface area contributed by atoms with Crippen LogP contribution in [0.3, 0.4) is 0 Å². The molecule has 0 amide bonds. The Morgan fingerprint density at radius 2 is 1.86 bits per heavy atom. The number of nitrogen functional groups attached to an aromatic ring is 2. The first-order chi connectivity index (χ1) is 10.2. The molecule has 1 aromatic rings. The van der Waals surface area contributed by atoms with Crippen molar-refractivity contribution in [2.24, 2.45) is 5.92 Å². The van der Waals surface area contributed by atoms with Crippen LogP contribution in [0.5, 0.6) is 0 Å². The molecule has 0 saturated carbocycles. The highest BCUT2D eigenvalue weighted by Gasteiger charge is 2.24. The van der Waals surface area contributed by atoms with Gasteiger partial charge in [0.15, 0.2) is 0 Å². The third kappa shape index (κ3) is 4.55. The van der Waals surface area contributed by atoms with Crippen LogP contribution in [-0.2, 0) is 9.53 Å². The zero-order valence-corrected chi connectivity index (χ0v) is 13.8. The van der Waals surface area contributed by atoms with Gasteiger partial charge in [-0.3, -0.25) is 4.79 Å². The second-order valence-electron chi connectivity index (χ2n) is 7.03. The van der Waals surface area contributed by atoms with E-state index in [-0.39, 0.29) is 5.97 Å². The third-order valence-electron chi connectivity index (χ3n) is 3.93. The molecule has 1 heterocycles. The van der Waals surface area contributed by atoms with E-state index < -0.39 is 5.60 Å². The van der Waals surface area contributed by atoms with Crippen LogP contribution in [0.25, 0.3) is 0 Å². The van der Waals surface area contributed by atoms with Crippen LogP contribution >= 0.6 is 0 Å². The Kier molecular flexibility index (Phi) is 4.84. The molecule has 0 spiro atoms. The van der Waals surface area contributed by atoms with Crippen LogP contribution in [0.1, 0.15) is 40.0 Å². The highest BCUT2D eigenvalue weighted by Crippen LogP contribution is 2.28. The molecule has 0 atom stereocenters. The van der Waals surface area contributed by atoms with E-state index in [0.29, 0.717) is 23.7 Å². The van der Waals surface area contributed by atoms with Crippen molar-refractivity contribution in [3.63, 3.8) is 0 Å². The van der Waals surface area contributed by atoms with Crippen molar-refractivity contribution >= 4 is 23.0 Å². The van der Waals surface area contributed by atoms with Crippen LogP contribution in [0, 0.1) is 5.92 Å². The van der Waals surface area contributed by atoms with Crippen LogP contribution in [0.15, 0.2) is 18.2 Å². The maximum atomic E-state index is 11.9. The van der Waals surface area contributed by atoms with Crippen molar-refractivity contribution in [3.8, 4) is 0 Å². The molecule has 1 fully saturated rings. The average Bonchev–Trinajstić information content (AvgIpc) is 2.40. The molecular weight excluding hydrogens is 278 g/mol. The minimum absolute atomic E-state index is 0.0947. The molecule has 122 valence electrons. The predicted octanol–water partition coefficient (Wildman–Crippen LogP) is 2.80. The number of nitrogens with zero attached hydrogens (tertiary/aromatic N) is 1. The number of benzene rings is 1. The molecule has 0 bridgehead atoms. The van der Waals surface area contributed by atoms with Crippen LogP contribution in [-0.4, -0.2) is 24.7 Å². The van der Waals surface area contributed by atoms with Crippen molar-refractivity contribution in [1.82, 2.24) is 0 Å². The van der Waals surface area contributed by atoms with E-state index in [1.807, 2.05) is 39.0 Å². The number of anilines is 3. The summed E-state index contributed by atoms with van der Waals surface area (Å²) in [4.78, 5) is 14.2. The van der Waals surface area contributed by atoms with E-state index in [0.717, 1.165) is 31.6 Å². The van der Waals surface area contributed by atoms with Gasteiger partial charge in [-0.25, -0.2) is 0 Å². The van der Waals surface area contributed by atoms with E-state index in [9.17, 15) is 4.79 Å². The molecule has 5 nitrogen and oxygen atoms in total. The highest BCUT2D eigenvalue weighted by atomic mass is 16.6. The summed E-state index contributed by atoms with van der Waals surface area (Å²) < 4.78 is 5.40. The number of hydrogen-bond donors (Lipinski definition) is 2. The second-order valence-corrected chi connectivity index (χ2v) is 7.03. The maximum Gasteiger partial charge on any atom is 0.306 e. The number of ether oxygens (including phenoxy) is 1. The summed E-state index contributed by atoms with van der Waals surface area (Å²) in [7, 11) is 0. The van der Waals surface area contributed by atoms with Crippen molar-refractivity contribution < 1.29 is 9.53 Å². The molecule has 22 heavy (non-hydrogen) atoms. The Morgan fingerprint density at radius 1 is 1.23 bits per heavy atom. The molecule has 2 rings (SSSR count). The number of rotatable bonds is 3. The zero-order chi connectivity index (χ0) is 16.3. The lowest BCUT2D eigenvalue weighted by Crippen LogP contribution is -2.35. The Bertz CT molecular complexity index is 529. The third-order valence-corrected chi connectivity index (χ3v) is 3.93. The normalized spacial score (nSPS) is 16.6. The molecule has 4 N–H and O–H groups in total. The van der Waals surface area contributed by atoms with E-state index >= 15 is 0 Å². The summed E-state index contributed by atoms with van der Waals surface area (Å²) in [5.74, 6) is 0.305. The van der Waals surface area contributed by atoms with Gasteiger partial charge < -0.3 is 21.1 Å². The molecular formula is C17H27N3O2.